The molecule has 0 fully saturated rings. The molecule has 2 aromatic heterocycles. The van der Waals surface area contributed by atoms with Crippen molar-refractivity contribution in [2.24, 2.45) is 0 Å². The van der Waals surface area contributed by atoms with Gasteiger partial charge in [0.15, 0.2) is 11.5 Å². The van der Waals surface area contributed by atoms with Crippen molar-refractivity contribution in [1.29, 1.82) is 0 Å². The molecule has 33 heavy (non-hydrogen) atoms. The molecule has 3 aromatic rings. The van der Waals surface area contributed by atoms with Crippen LogP contribution in [0.25, 0.3) is 11.2 Å². The highest BCUT2D eigenvalue weighted by molar-refractivity contribution is 7.57. The summed E-state index contributed by atoms with van der Waals surface area (Å²) in [5.41, 5.74) is 6.91. The molecule has 0 bridgehead atoms. The Morgan fingerprint density at radius 3 is 2.58 bits per heavy atom. The summed E-state index contributed by atoms with van der Waals surface area (Å²) in [4.78, 5) is 24.6. The SMILES string of the molecule is CC(C)OC(=O)[C@H](C)N[P@@](=O)(CO[C@@H](C)Cn1cnc2c(N)ncnc21)Oc1ccccc1. The molecule has 1 aromatic carbocycles. The Labute approximate surface area is 192 Å². The molecule has 178 valence electrons. The molecule has 0 aliphatic heterocycles. The molecule has 0 saturated heterocycles. The third kappa shape index (κ3) is 6.74. The predicted octanol–water partition coefficient (Wildman–Crippen LogP) is 2.97. The van der Waals surface area contributed by atoms with Crippen LogP contribution in [0.4, 0.5) is 5.82 Å². The van der Waals surface area contributed by atoms with Crippen LogP contribution in [0, 0.1) is 0 Å². The van der Waals surface area contributed by atoms with Crippen molar-refractivity contribution in [3.05, 3.63) is 43.0 Å². The van der Waals surface area contributed by atoms with Gasteiger partial charge in [-0.1, -0.05) is 18.2 Å². The number of nitrogen functional groups attached to an aromatic ring is 1. The predicted molar refractivity (Wildman–Crippen MR) is 124 cm³/mol. The van der Waals surface area contributed by atoms with Gasteiger partial charge in [0.2, 0.25) is 0 Å². The van der Waals surface area contributed by atoms with Gasteiger partial charge in [-0.05, 0) is 39.8 Å². The van der Waals surface area contributed by atoms with Gasteiger partial charge in [-0.25, -0.2) is 20.0 Å². The number of fused-ring (bicyclic) bond motifs is 1. The molecule has 11 nitrogen and oxygen atoms in total. The van der Waals surface area contributed by atoms with E-state index < -0.39 is 19.5 Å². The maximum Gasteiger partial charge on any atom is 0.342 e. The monoisotopic (exact) mass is 476 g/mol. The molecule has 0 spiro atoms. The lowest BCUT2D eigenvalue weighted by atomic mass is 10.3. The topological polar surface area (TPSA) is 143 Å². The Kier molecular flexibility index (Phi) is 8.01. The Morgan fingerprint density at radius 2 is 1.88 bits per heavy atom. The second kappa shape index (κ2) is 10.7. The fourth-order valence-corrected chi connectivity index (χ4v) is 4.80. The standard InChI is InChI=1S/C21H29N6O5P/c1-14(2)31-21(28)16(4)26-33(29,32-17-8-6-5-7-9-17)13-30-15(3)10-27-12-25-18-19(22)23-11-24-20(18)27/h5-9,11-12,14-16H,10,13H2,1-4H3,(H,26,29)(H2,22,23,24)/t15-,16-,33+/m0/s1. The first-order valence-corrected chi connectivity index (χ1v) is 12.3. The average Bonchev–Trinajstić information content (AvgIpc) is 3.16. The van der Waals surface area contributed by atoms with Gasteiger partial charge in [0, 0.05) is 0 Å². The highest BCUT2D eigenvalue weighted by Crippen LogP contribution is 2.44. The van der Waals surface area contributed by atoms with Gasteiger partial charge in [0.05, 0.1) is 25.1 Å². The van der Waals surface area contributed by atoms with Crippen LogP contribution in [-0.4, -0.2) is 50.1 Å². The first kappa shape index (κ1) is 24.6. The molecule has 3 N–H and O–H groups in total. The van der Waals surface area contributed by atoms with E-state index in [2.05, 4.69) is 20.0 Å². The number of nitrogens with zero attached hydrogens (tertiary/aromatic N) is 4. The van der Waals surface area contributed by atoms with E-state index >= 15 is 0 Å². The second-order valence-electron chi connectivity index (χ2n) is 7.85. The summed E-state index contributed by atoms with van der Waals surface area (Å²) in [7, 11) is -3.64. The number of nitrogens with one attached hydrogen (secondary N) is 1. The van der Waals surface area contributed by atoms with Crippen LogP contribution < -0.4 is 15.3 Å². The summed E-state index contributed by atoms with van der Waals surface area (Å²) < 4.78 is 32.2. The van der Waals surface area contributed by atoms with Crippen molar-refractivity contribution < 1.29 is 23.4 Å². The number of benzene rings is 1. The minimum Gasteiger partial charge on any atom is -0.462 e. The van der Waals surface area contributed by atoms with Crippen LogP contribution in [0.5, 0.6) is 5.75 Å². The van der Waals surface area contributed by atoms with Crippen LogP contribution in [0.15, 0.2) is 43.0 Å². The van der Waals surface area contributed by atoms with Gasteiger partial charge in [-0.3, -0.25) is 9.36 Å². The van der Waals surface area contributed by atoms with Crippen LogP contribution in [-0.2, 0) is 25.4 Å². The van der Waals surface area contributed by atoms with Crippen molar-refractivity contribution in [2.45, 2.75) is 52.5 Å². The number of esters is 1. The van der Waals surface area contributed by atoms with E-state index in [0.29, 0.717) is 29.3 Å². The molecule has 3 rings (SSSR count). The van der Waals surface area contributed by atoms with Gasteiger partial charge in [0.1, 0.15) is 30.0 Å². The van der Waals surface area contributed by atoms with Crippen LogP contribution in [0.2, 0.25) is 0 Å². The smallest absolute Gasteiger partial charge is 0.342 e. The number of nitrogens with two attached hydrogens (primary N) is 1. The van der Waals surface area contributed by atoms with E-state index in [1.165, 1.54) is 6.33 Å². The normalized spacial score (nSPS) is 15.2. The van der Waals surface area contributed by atoms with Gasteiger partial charge in [-0.15, -0.1) is 0 Å². The number of imidazole rings is 1. The minimum absolute atomic E-state index is 0.272. The fourth-order valence-electron chi connectivity index (χ4n) is 3.01. The summed E-state index contributed by atoms with van der Waals surface area (Å²) >= 11 is 0. The van der Waals surface area contributed by atoms with Crippen LogP contribution >= 0.6 is 7.52 Å². The third-order valence-electron chi connectivity index (χ3n) is 4.50. The number of hydrogen-bond acceptors (Lipinski definition) is 9. The molecule has 0 saturated carbocycles. The number of carbonyl (C=O) groups excluding carboxylic acids is 1. The van der Waals surface area contributed by atoms with Gasteiger partial charge in [-0.2, -0.15) is 0 Å². The highest BCUT2D eigenvalue weighted by atomic mass is 31.2. The number of carbonyl (C=O) groups is 1. The third-order valence-corrected chi connectivity index (χ3v) is 6.28. The first-order valence-electron chi connectivity index (χ1n) is 10.5. The number of anilines is 1. The first-order chi connectivity index (χ1) is 15.7. The number of aromatic nitrogens is 4. The van der Waals surface area contributed by atoms with Gasteiger partial charge >= 0.3 is 13.5 Å². The number of rotatable bonds is 11. The lowest BCUT2D eigenvalue weighted by Crippen LogP contribution is -2.37. The van der Waals surface area contributed by atoms with Crippen molar-refractivity contribution in [3.8, 4) is 5.75 Å². The van der Waals surface area contributed by atoms with E-state index in [4.69, 9.17) is 19.7 Å². The Bertz CT molecular complexity index is 1120. The molecule has 2 heterocycles. The van der Waals surface area contributed by atoms with E-state index in [0.717, 1.165) is 0 Å². The summed E-state index contributed by atoms with van der Waals surface area (Å²) in [5.74, 6) is 0.151. The molecule has 0 unspecified atom stereocenters. The maximum atomic E-state index is 13.6. The van der Waals surface area contributed by atoms with Crippen molar-refractivity contribution in [1.82, 2.24) is 24.6 Å². The van der Waals surface area contributed by atoms with E-state index in [9.17, 15) is 9.36 Å². The zero-order valence-electron chi connectivity index (χ0n) is 19.0. The molecule has 0 aliphatic carbocycles. The summed E-state index contributed by atoms with van der Waals surface area (Å²) in [6.45, 7) is 7.25. The van der Waals surface area contributed by atoms with Crippen molar-refractivity contribution in [3.63, 3.8) is 0 Å². The van der Waals surface area contributed by atoms with Crippen LogP contribution in [0.3, 0.4) is 0 Å². The minimum atomic E-state index is -3.64. The molecular formula is C21H29N6O5P. The highest BCUT2D eigenvalue weighted by Gasteiger charge is 2.32. The molecule has 0 aliphatic rings. The maximum absolute atomic E-state index is 13.6. The number of para-hydroxylation sites is 1. The molecule has 12 heteroatoms. The van der Waals surface area contributed by atoms with Crippen molar-refractivity contribution >= 4 is 30.5 Å². The Hall–Kier alpha value is -3.01. The van der Waals surface area contributed by atoms with Crippen LogP contribution in [0.1, 0.15) is 27.7 Å². The fraction of sp³-hybridized carbons (Fsp3) is 0.429. The van der Waals surface area contributed by atoms with E-state index in [-0.39, 0.29) is 18.6 Å². The number of ether oxygens (including phenoxy) is 2. The zero-order valence-corrected chi connectivity index (χ0v) is 19.9. The zero-order chi connectivity index (χ0) is 24.0. The molecule has 0 radical (unpaired) electrons. The van der Waals surface area contributed by atoms with E-state index in [1.807, 2.05) is 13.0 Å². The molecule has 3 atom stereocenters. The summed E-state index contributed by atoms with van der Waals surface area (Å²) in [6, 6.07) is 7.83. The van der Waals surface area contributed by atoms with E-state index in [1.54, 1.807) is 55.9 Å². The largest absolute Gasteiger partial charge is 0.462 e. The molecule has 0 amide bonds. The quantitative estimate of drug-likeness (QED) is 0.313. The van der Waals surface area contributed by atoms with Gasteiger partial charge < -0.3 is 24.3 Å². The lowest BCUT2D eigenvalue weighted by Gasteiger charge is -2.25. The molecular weight excluding hydrogens is 447 g/mol. The van der Waals surface area contributed by atoms with Gasteiger partial charge in [0.25, 0.3) is 0 Å². The Morgan fingerprint density at radius 1 is 1.15 bits per heavy atom. The number of hydrogen-bond donors (Lipinski definition) is 2. The second-order valence-corrected chi connectivity index (χ2v) is 9.89. The summed E-state index contributed by atoms with van der Waals surface area (Å²) in [6.07, 6.45) is 2.01. The Balaban J connectivity index is 1.70. The lowest BCUT2D eigenvalue weighted by molar-refractivity contribution is -0.149. The average molecular weight is 476 g/mol. The summed E-state index contributed by atoms with van der Waals surface area (Å²) in [5, 5.41) is 2.78. The van der Waals surface area contributed by atoms with Crippen molar-refractivity contribution in [2.75, 3.05) is 12.1 Å².